The van der Waals surface area contributed by atoms with Gasteiger partial charge in [0.2, 0.25) is 5.91 Å². The van der Waals surface area contributed by atoms with Crippen LogP contribution in [0.3, 0.4) is 0 Å². The minimum Gasteiger partial charge on any atom is -0.483 e. The first-order valence-corrected chi connectivity index (χ1v) is 11.4. The third kappa shape index (κ3) is 7.52. The molecular weight excluding hydrogens is 464 g/mol. The van der Waals surface area contributed by atoms with Crippen molar-refractivity contribution in [3.8, 4) is 5.75 Å². The first-order chi connectivity index (χ1) is 14.5. The molecule has 0 aromatic heterocycles. The van der Waals surface area contributed by atoms with E-state index in [0.717, 1.165) is 16.5 Å². The van der Waals surface area contributed by atoms with Crippen LogP contribution in [0.4, 0.5) is 0 Å². The van der Waals surface area contributed by atoms with Gasteiger partial charge < -0.3 is 19.7 Å². The standard InChI is InChI=1S/C23H33BrN2O5/c1-15(2)8-11-30-21(28)13-18-22(29)25-9-10-26(18)20(27)14-31-19-7-6-16(24)12-17(19)23(3,4)5/h6-7,12,15,18H,8-11,13-14H2,1-5H3,(H,25,29). The monoisotopic (exact) mass is 496 g/mol. The molecule has 1 unspecified atom stereocenters. The van der Waals surface area contributed by atoms with Crippen molar-refractivity contribution >= 4 is 33.7 Å². The highest BCUT2D eigenvalue weighted by Gasteiger charge is 2.35. The molecule has 1 heterocycles. The lowest BCUT2D eigenvalue weighted by atomic mass is 9.86. The van der Waals surface area contributed by atoms with Gasteiger partial charge in [0.15, 0.2) is 6.61 Å². The third-order valence-electron chi connectivity index (χ3n) is 5.07. The van der Waals surface area contributed by atoms with Crippen LogP contribution in [0.5, 0.6) is 5.75 Å². The van der Waals surface area contributed by atoms with Crippen LogP contribution in [-0.4, -0.2) is 55.0 Å². The van der Waals surface area contributed by atoms with E-state index in [1.807, 2.05) is 32.0 Å². The van der Waals surface area contributed by atoms with Gasteiger partial charge in [0.1, 0.15) is 11.8 Å². The summed E-state index contributed by atoms with van der Waals surface area (Å²) in [6.45, 7) is 11.0. The van der Waals surface area contributed by atoms with Gasteiger partial charge in [-0.25, -0.2) is 0 Å². The average molecular weight is 497 g/mol. The summed E-state index contributed by atoms with van der Waals surface area (Å²) in [7, 11) is 0. The van der Waals surface area contributed by atoms with Crippen LogP contribution < -0.4 is 10.1 Å². The number of ether oxygens (including phenoxy) is 2. The van der Waals surface area contributed by atoms with Crippen LogP contribution >= 0.6 is 15.9 Å². The highest BCUT2D eigenvalue weighted by Crippen LogP contribution is 2.33. The maximum Gasteiger partial charge on any atom is 0.308 e. The Bertz CT molecular complexity index is 804. The van der Waals surface area contributed by atoms with Crippen molar-refractivity contribution in [2.45, 2.75) is 58.9 Å². The van der Waals surface area contributed by atoms with E-state index in [0.29, 0.717) is 31.4 Å². The molecule has 1 aromatic rings. The summed E-state index contributed by atoms with van der Waals surface area (Å²) in [4.78, 5) is 38.9. The summed E-state index contributed by atoms with van der Waals surface area (Å²) in [5.74, 6) is -0.130. The molecule has 1 N–H and O–H groups in total. The number of piperazine rings is 1. The third-order valence-corrected chi connectivity index (χ3v) is 5.56. The second-order valence-electron chi connectivity index (χ2n) is 9.18. The molecule has 7 nitrogen and oxygen atoms in total. The second-order valence-corrected chi connectivity index (χ2v) is 10.1. The van der Waals surface area contributed by atoms with E-state index in [9.17, 15) is 14.4 Å². The molecule has 2 rings (SSSR count). The minimum atomic E-state index is -0.886. The van der Waals surface area contributed by atoms with E-state index in [-0.39, 0.29) is 30.3 Å². The number of carbonyl (C=O) groups is 3. The molecule has 0 spiro atoms. The van der Waals surface area contributed by atoms with Crippen LogP contribution in [0.2, 0.25) is 0 Å². The van der Waals surface area contributed by atoms with Crippen LogP contribution in [0.25, 0.3) is 0 Å². The number of hydrogen-bond acceptors (Lipinski definition) is 5. The Morgan fingerprint density at radius 1 is 1.29 bits per heavy atom. The number of esters is 1. The number of nitrogens with zero attached hydrogens (tertiary/aromatic N) is 1. The van der Waals surface area contributed by atoms with Gasteiger partial charge in [-0.15, -0.1) is 0 Å². The highest BCUT2D eigenvalue weighted by atomic mass is 79.9. The van der Waals surface area contributed by atoms with E-state index < -0.39 is 12.0 Å². The van der Waals surface area contributed by atoms with Crippen molar-refractivity contribution in [3.63, 3.8) is 0 Å². The van der Waals surface area contributed by atoms with Gasteiger partial charge in [0, 0.05) is 23.1 Å². The molecule has 1 fully saturated rings. The van der Waals surface area contributed by atoms with Gasteiger partial charge in [0.05, 0.1) is 13.0 Å². The molecule has 31 heavy (non-hydrogen) atoms. The number of amides is 2. The Morgan fingerprint density at radius 3 is 2.65 bits per heavy atom. The Balaban J connectivity index is 2.04. The lowest BCUT2D eigenvalue weighted by Crippen LogP contribution is -2.58. The molecule has 1 saturated heterocycles. The molecule has 0 radical (unpaired) electrons. The van der Waals surface area contributed by atoms with Gasteiger partial charge in [-0.05, 0) is 36.0 Å². The van der Waals surface area contributed by atoms with E-state index in [1.54, 1.807) is 0 Å². The molecule has 1 atom stereocenters. The number of hydrogen-bond donors (Lipinski definition) is 1. The smallest absolute Gasteiger partial charge is 0.308 e. The lowest BCUT2D eigenvalue weighted by Gasteiger charge is -2.34. The minimum absolute atomic E-state index is 0.165. The molecule has 1 aromatic carbocycles. The predicted molar refractivity (Wildman–Crippen MR) is 122 cm³/mol. The SMILES string of the molecule is CC(C)CCOC(=O)CC1C(=O)NCCN1C(=O)COc1ccc(Br)cc1C(C)(C)C. The Hall–Kier alpha value is -2.09. The van der Waals surface area contributed by atoms with E-state index in [4.69, 9.17) is 9.47 Å². The highest BCUT2D eigenvalue weighted by molar-refractivity contribution is 9.10. The van der Waals surface area contributed by atoms with Gasteiger partial charge >= 0.3 is 5.97 Å². The Labute approximate surface area is 193 Å². The van der Waals surface area contributed by atoms with Crippen LogP contribution in [0, 0.1) is 5.92 Å². The number of carbonyl (C=O) groups excluding carboxylic acids is 3. The van der Waals surface area contributed by atoms with Crippen molar-refractivity contribution in [1.29, 1.82) is 0 Å². The van der Waals surface area contributed by atoms with Crippen LogP contribution in [0.1, 0.15) is 53.0 Å². The summed E-state index contributed by atoms with van der Waals surface area (Å²) < 4.78 is 12.0. The van der Waals surface area contributed by atoms with Crippen LogP contribution in [0.15, 0.2) is 22.7 Å². The zero-order chi connectivity index (χ0) is 23.2. The van der Waals surface area contributed by atoms with Crippen molar-refractivity contribution < 1.29 is 23.9 Å². The molecule has 8 heteroatoms. The maximum atomic E-state index is 12.9. The Morgan fingerprint density at radius 2 is 2.00 bits per heavy atom. The number of rotatable bonds is 8. The van der Waals surface area contributed by atoms with Crippen molar-refractivity contribution in [3.05, 3.63) is 28.2 Å². The first-order valence-electron chi connectivity index (χ1n) is 10.6. The lowest BCUT2D eigenvalue weighted by molar-refractivity contribution is -0.152. The molecule has 1 aliphatic rings. The summed E-state index contributed by atoms with van der Waals surface area (Å²) in [6, 6.07) is 4.77. The summed E-state index contributed by atoms with van der Waals surface area (Å²) in [5, 5.41) is 2.72. The van der Waals surface area contributed by atoms with Gasteiger partial charge in [-0.3, -0.25) is 14.4 Å². The second kappa shape index (κ2) is 11.0. The van der Waals surface area contributed by atoms with E-state index in [2.05, 4.69) is 42.0 Å². The normalized spacial score (nSPS) is 16.8. The maximum absolute atomic E-state index is 12.9. The predicted octanol–water partition coefficient (Wildman–Crippen LogP) is 3.43. The number of halogens is 1. The topological polar surface area (TPSA) is 84.9 Å². The fraction of sp³-hybridized carbons (Fsp3) is 0.609. The Kier molecular flexibility index (Phi) is 8.91. The van der Waals surface area contributed by atoms with E-state index in [1.165, 1.54) is 4.90 Å². The largest absolute Gasteiger partial charge is 0.483 e. The molecular formula is C23H33BrN2O5. The summed E-state index contributed by atoms with van der Waals surface area (Å²) >= 11 is 3.48. The van der Waals surface area contributed by atoms with Gasteiger partial charge in [-0.2, -0.15) is 0 Å². The van der Waals surface area contributed by atoms with Crippen molar-refractivity contribution in [1.82, 2.24) is 10.2 Å². The zero-order valence-electron chi connectivity index (χ0n) is 19.0. The quantitative estimate of drug-likeness (QED) is 0.557. The zero-order valence-corrected chi connectivity index (χ0v) is 20.6. The molecule has 172 valence electrons. The number of nitrogens with one attached hydrogen (secondary N) is 1. The fourth-order valence-corrected chi connectivity index (χ4v) is 3.64. The molecule has 2 amide bonds. The average Bonchev–Trinajstić information content (AvgIpc) is 2.67. The van der Waals surface area contributed by atoms with E-state index >= 15 is 0 Å². The van der Waals surface area contributed by atoms with Gasteiger partial charge in [0.25, 0.3) is 5.91 Å². The summed E-state index contributed by atoms with van der Waals surface area (Å²) in [6.07, 6.45) is 0.587. The molecule has 1 aliphatic heterocycles. The van der Waals surface area contributed by atoms with Gasteiger partial charge in [-0.1, -0.05) is 50.5 Å². The van der Waals surface area contributed by atoms with Crippen molar-refractivity contribution in [2.24, 2.45) is 5.92 Å². The fourth-order valence-electron chi connectivity index (χ4n) is 3.28. The summed E-state index contributed by atoms with van der Waals surface area (Å²) in [5.41, 5.74) is 0.798. The molecule has 0 saturated carbocycles. The van der Waals surface area contributed by atoms with Crippen LogP contribution in [-0.2, 0) is 24.5 Å². The molecule has 0 aliphatic carbocycles. The molecule has 0 bridgehead atoms. The first kappa shape index (κ1) is 25.2. The van der Waals surface area contributed by atoms with Crippen molar-refractivity contribution in [2.75, 3.05) is 26.3 Å². The number of benzene rings is 1.